The minimum absolute atomic E-state index is 0.0102. The molecule has 0 spiro atoms. The number of hydrogen-bond donors (Lipinski definition) is 0. The second-order valence-corrected chi connectivity index (χ2v) is 5.64. The van der Waals surface area contributed by atoms with E-state index >= 15 is 0 Å². The highest BCUT2D eigenvalue weighted by molar-refractivity contribution is 9.10. The van der Waals surface area contributed by atoms with Gasteiger partial charge < -0.3 is 4.74 Å². The van der Waals surface area contributed by atoms with Crippen LogP contribution in [0, 0.1) is 0 Å². The summed E-state index contributed by atoms with van der Waals surface area (Å²) >= 11 is 5.05. The van der Waals surface area contributed by atoms with Crippen molar-refractivity contribution in [2.24, 2.45) is 0 Å². The number of benzene rings is 2. The number of carbonyl (C=O) groups excluding carboxylic acids is 1. The van der Waals surface area contributed by atoms with Crippen LogP contribution in [0.3, 0.4) is 0 Å². The van der Waals surface area contributed by atoms with E-state index in [1.54, 1.807) is 37.1 Å². The molecule has 0 aliphatic carbocycles. The monoisotopic (exact) mass is 336 g/mol. The molecule has 0 heterocycles. The molecule has 0 aromatic heterocycles. The van der Waals surface area contributed by atoms with E-state index in [1.807, 2.05) is 30.5 Å². The Bertz CT molecular complexity index is 594. The van der Waals surface area contributed by atoms with Crippen LogP contribution >= 0.6 is 27.7 Å². The Labute approximate surface area is 125 Å². The van der Waals surface area contributed by atoms with Gasteiger partial charge in [-0.15, -0.1) is 11.8 Å². The van der Waals surface area contributed by atoms with Crippen LogP contribution in [0.2, 0.25) is 0 Å². The van der Waals surface area contributed by atoms with Crippen molar-refractivity contribution in [3.8, 4) is 5.75 Å². The third kappa shape index (κ3) is 3.19. The molecule has 2 aromatic rings. The molecule has 0 saturated heterocycles. The van der Waals surface area contributed by atoms with Crippen molar-refractivity contribution in [2.45, 2.75) is 4.90 Å². The fraction of sp³-hybridized carbons (Fsp3) is 0.133. The van der Waals surface area contributed by atoms with Crippen molar-refractivity contribution >= 4 is 33.5 Å². The number of halogens is 1. The van der Waals surface area contributed by atoms with E-state index < -0.39 is 0 Å². The summed E-state index contributed by atoms with van der Waals surface area (Å²) in [7, 11) is 1.60. The van der Waals surface area contributed by atoms with Crippen LogP contribution in [-0.2, 0) is 0 Å². The standard InChI is InChI=1S/C15H13BrO2S/c1-18-14-8-5-11(9-13(14)16)15(17)10-3-6-12(19-2)7-4-10/h3-9H,1-2H3. The molecule has 2 aromatic carbocycles. The third-order valence-electron chi connectivity index (χ3n) is 2.77. The Morgan fingerprint density at radius 2 is 1.74 bits per heavy atom. The Morgan fingerprint density at radius 1 is 1.11 bits per heavy atom. The van der Waals surface area contributed by atoms with Gasteiger partial charge in [-0.1, -0.05) is 0 Å². The molecule has 0 saturated carbocycles. The van der Waals surface area contributed by atoms with Crippen LogP contribution in [-0.4, -0.2) is 19.1 Å². The number of ether oxygens (including phenoxy) is 1. The van der Waals surface area contributed by atoms with E-state index in [9.17, 15) is 4.79 Å². The molecule has 98 valence electrons. The largest absolute Gasteiger partial charge is 0.496 e. The summed E-state index contributed by atoms with van der Waals surface area (Å²) in [6.07, 6.45) is 2.01. The summed E-state index contributed by atoms with van der Waals surface area (Å²) in [5.41, 5.74) is 1.33. The van der Waals surface area contributed by atoms with E-state index in [0.29, 0.717) is 16.9 Å². The molecule has 0 unspecified atom stereocenters. The predicted molar refractivity (Wildman–Crippen MR) is 82.3 cm³/mol. The first-order chi connectivity index (χ1) is 9.15. The lowest BCUT2D eigenvalue weighted by atomic mass is 10.0. The molecule has 19 heavy (non-hydrogen) atoms. The van der Waals surface area contributed by atoms with Gasteiger partial charge >= 0.3 is 0 Å². The van der Waals surface area contributed by atoms with E-state index in [2.05, 4.69) is 15.9 Å². The van der Waals surface area contributed by atoms with Gasteiger partial charge in [0, 0.05) is 16.0 Å². The third-order valence-corrected chi connectivity index (χ3v) is 4.13. The number of carbonyl (C=O) groups is 1. The lowest BCUT2D eigenvalue weighted by Gasteiger charge is -2.06. The maximum absolute atomic E-state index is 12.3. The Morgan fingerprint density at radius 3 is 2.26 bits per heavy atom. The van der Waals surface area contributed by atoms with E-state index in [4.69, 9.17) is 4.74 Å². The molecule has 0 atom stereocenters. The first-order valence-corrected chi connectivity index (χ1v) is 7.69. The zero-order valence-corrected chi connectivity index (χ0v) is 13.0. The minimum atomic E-state index is 0.0102. The number of hydrogen-bond acceptors (Lipinski definition) is 3. The lowest BCUT2D eigenvalue weighted by molar-refractivity contribution is 0.103. The van der Waals surface area contributed by atoms with Crippen molar-refractivity contribution in [3.05, 3.63) is 58.1 Å². The van der Waals surface area contributed by atoms with Gasteiger partial charge in [-0.05, 0) is 64.7 Å². The highest BCUT2D eigenvalue weighted by Gasteiger charge is 2.11. The van der Waals surface area contributed by atoms with Gasteiger partial charge in [0.1, 0.15) is 5.75 Å². The topological polar surface area (TPSA) is 26.3 Å². The first kappa shape index (κ1) is 14.2. The van der Waals surface area contributed by atoms with Crippen molar-refractivity contribution in [3.63, 3.8) is 0 Å². The van der Waals surface area contributed by atoms with Crippen LogP contribution in [0.15, 0.2) is 51.8 Å². The maximum atomic E-state index is 12.3. The Balaban J connectivity index is 2.30. The smallest absolute Gasteiger partial charge is 0.193 e. The summed E-state index contributed by atoms with van der Waals surface area (Å²) in [5.74, 6) is 0.727. The molecule has 0 amide bonds. The number of ketones is 1. The van der Waals surface area contributed by atoms with Crippen LogP contribution in [0.4, 0.5) is 0 Å². The molecule has 2 rings (SSSR count). The van der Waals surface area contributed by atoms with Gasteiger partial charge in [0.05, 0.1) is 11.6 Å². The highest BCUT2D eigenvalue weighted by atomic mass is 79.9. The number of rotatable bonds is 4. The number of methoxy groups -OCH3 is 1. The van der Waals surface area contributed by atoms with Crippen molar-refractivity contribution in [2.75, 3.05) is 13.4 Å². The van der Waals surface area contributed by atoms with Gasteiger partial charge in [-0.3, -0.25) is 4.79 Å². The first-order valence-electron chi connectivity index (χ1n) is 5.68. The Hall–Kier alpha value is -1.26. The van der Waals surface area contributed by atoms with Gasteiger partial charge in [0.15, 0.2) is 5.78 Å². The zero-order chi connectivity index (χ0) is 13.8. The molecule has 2 nitrogen and oxygen atoms in total. The Kier molecular flexibility index (Phi) is 4.66. The molecule has 0 aliphatic rings. The van der Waals surface area contributed by atoms with Crippen LogP contribution in [0.5, 0.6) is 5.75 Å². The summed E-state index contributed by atoms with van der Waals surface area (Å²) in [6.45, 7) is 0. The molecule has 4 heteroatoms. The second-order valence-electron chi connectivity index (χ2n) is 3.91. The minimum Gasteiger partial charge on any atom is -0.496 e. The normalized spacial score (nSPS) is 10.3. The molecular weight excluding hydrogens is 324 g/mol. The fourth-order valence-corrected chi connectivity index (χ4v) is 2.67. The second kappa shape index (κ2) is 6.26. The van der Waals surface area contributed by atoms with Gasteiger partial charge in [-0.2, -0.15) is 0 Å². The van der Waals surface area contributed by atoms with Crippen molar-refractivity contribution in [1.82, 2.24) is 0 Å². The molecule has 0 N–H and O–H groups in total. The molecule has 0 radical (unpaired) electrons. The van der Waals surface area contributed by atoms with Crippen LogP contribution in [0.1, 0.15) is 15.9 Å². The van der Waals surface area contributed by atoms with Crippen molar-refractivity contribution in [1.29, 1.82) is 0 Å². The average Bonchev–Trinajstić information content (AvgIpc) is 2.46. The highest BCUT2D eigenvalue weighted by Crippen LogP contribution is 2.26. The quantitative estimate of drug-likeness (QED) is 0.611. The van der Waals surface area contributed by atoms with E-state index in [-0.39, 0.29) is 5.78 Å². The SMILES string of the molecule is COc1ccc(C(=O)c2ccc(SC)cc2)cc1Br. The molecule has 0 bridgehead atoms. The van der Waals surface area contributed by atoms with E-state index in [1.165, 1.54) is 0 Å². The van der Waals surface area contributed by atoms with Gasteiger partial charge in [0.2, 0.25) is 0 Å². The average molecular weight is 337 g/mol. The molecule has 0 aliphatic heterocycles. The van der Waals surface area contributed by atoms with Crippen molar-refractivity contribution < 1.29 is 9.53 Å². The number of thioether (sulfide) groups is 1. The van der Waals surface area contributed by atoms with Crippen LogP contribution < -0.4 is 4.74 Å². The van der Waals surface area contributed by atoms with Crippen LogP contribution in [0.25, 0.3) is 0 Å². The summed E-state index contributed by atoms with van der Waals surface area (Å²) in [4.78, 5) is 13.5. The lowest BCUT2D eigenvalue weighted by Crippen LogP contribution is -2.01. The molecular formula is C15H13BrO2S. The van der Waals surface area contributed by atoms with Gasteiger partial charge in [0.25, 0.3) is 0 Å². The molecule has 0 fully saturated rings. The zero-order valence-electron chi connectivity index (χ0n) is 10.6. The van der Waals surface area contributed by atoms with Gasteiger partial charge in [-0.25, -0.2) is 0 Å². The summed E-state index contributed by atoms with van der Waals surface area (Å²) in [5, 5.41) is 0. The fourth-order valence-electron chi connectivity index (χ4n) is 1.72. The summed E-state index contributed by atoms with van der Waals surface area (Å²) in [6, 6.07) is 13.0. The predicted octanol–water partition coefficient (Wildman–Crippen LogP) is 4.41. The van der Waals surface area contributed by atoms with E-state index in [0.717, 1.165) is 9.37 Å². The summed E-state index contributed by atoms with van der Waals surface area (Å²) < 4.78 is 5.93. The maximum Gasteiger partial charge on any atom is 0.193 e.